The number of ketones is 1. The Labute approximate surface area is 160 Å². The number of aliphatic hydroxyl groups excluding tert-OH is 2. The molecule has 2 aliphatic heterocycles. The summed E-state index contributed by atoms with van der Waals surface area (Å²) in [4.78, 5) is 13.6. The maximum Gasteiger partial charge on any atom is 0.158 e. The Morgan fingerprint density at radius 1 is 1.19 bits per heavy atom. The molecule has 3 saturated carbocycles. The molecule has 5 fully saturated rings. The molecular formula is C21H32O6. The smallest absolute Gasteiger partial charge is 0.158 e. The lowest BCUT2D eigenvalue weighted by atomic mass is 9.43. The van der Waals surface area contributed by atoms with Crippen LogP contribution >= 0.6 is 0 Å². The van der Waals surface area contributed by atoms with Crippen LogP contribution in [0.1, 0.15) is 39.5 Å². The number of rotatable bonds is 2. The zero-order chi connectivity index (χ0) is 19.2. The van der Waals surface area contributed by atoms with Crippen LogP contribution in [0.2, 0.25) is 0 Å². The van der Waals surface area contributed by atoms with Crippen LogP contribution in [-0.2, 0) is 19.0 Å². The van der Waals surface area contributed by atoms with Gasteiger partial charge in [-0.3, -0.25) is 4.79 Å². The first-order valence-electron chi connectivity index (χ1n) is 10.4. The molecule has 0 radical (unpaired) electrons. The molecule has 2 heterocycles. The van der Waals surface area contributed by atoms with E-state index < -0.39 is 23.2 Å². The Kier molecular flexibility index (Phi) is 3.94. The average molecular weight is 380 g/mol. The molecule has 5 aliphatic rings. The Balaban J connectivity index is 1.64. The lowest BCUT2D eigenvalue weighted by Crippen LogP contribution is -2.69. The van der Waals surface area contributed by atoms with Crippen LogP contribution in [0.3, 0.4) is 0 Å². The first-order chi connectivity index (χ1) is 12.8. The largest absolute Gasteiger partial charge is 0.393 e. The van der Waals surface area contributed by atoms with Crippen LogP contribution in [0.5, 0.6) is 0 Å². The molecule has 3 aliphatic carbocycles. The molecule has 6 nitrogen and oxygen atoms in total. The second kappa shape index (κ2) is 5.76. The van der Waals surface area contributed by atoms with Crippen molar-refractivity contribution in [3.63, 3.8) is 0 Å². The van der Waals surface area contributed by atoms with Gasteiger partial charge in [0.15, 0.2) is 6.29 Å². The van der Waals surface area contributed by atoms with E-state index in [1.165, 1.54) is 0 Å². The van der Waals surface area contributed by atoms with Crippen molar-refractivity contribution in [3.8, 4) is 0 Å². The molecule has 9 atom stereocenters. The number of ether oxygens (including phenoxy) is 3. The highest BCUT2D eigenvalue weighted by molar-refractivity contribution is 5.91. The number of carbonyl (C=O) groups is 1. The van der Waals surface area contributed by atoms with Gasteiger partial charge in [-0.05, 0) is 37.0 Å². The number of carbonyl (C=O) groups excluding carboxylic acids is 1. The second-order valence-electron chi connectivity index (χ2n) is 10.4. The van der Waals surface area contributed by atoms with E-state index in [4.69, 9.17) is 14.2 Å². The van der Waals surface area contributed by atoms with Crippen LogP contribution < -0.4 is 0 Å². The van der Waals surface area contributed by atoms with Crippen molar-refractivity contribution in [3.05, 3.63) is 0 Å². The molecule has 0 aromatic carbocycles. The predicted molar refractivity (Wildman–Crippen MR) is 95.7 cm³/mol. The highest BCUT2D eigenvalue weighted by Gasteiger charge is 2.76. The second-order valence-corrected chi connectivity index (χ2v) is 10.4. The molecule has 2 saturated heterocycles. The summed E-state index contributed by atoms with van der Waals surface area (Å²) < 4.78 is 17.6. The van der Waals surface area contributed by atoms with E-state index in [1.54, 1.807) is 7.11 Å². The lowest BCUT2D eigenvalue weighted by molar-refractivity contribution is -0.263. The summed E-state index contributed by atoms with van der Waals surface area (Å²) in [5.41, 5.74) is -1.29. The quantitative estimate of drug-likeness (QED) is 0.753. The minimum Gasteiger partial charge on any atom is -0.393 e. The molecule has 2 N–H and O–H groups in total. The molecule has 5 rings (SSSR count). The molecule has 0 aromatic rings. The van der Waals surface area contributed by atoms with Gasteiger partial charge >= 0.3 is 0 Å². The van der Waals surface area contributed by atoms with E-state index in [0.29, 0.717) is 26.2 Å². The number of aliphatic hydroxyl groups is 2. The fourth-order valence-electron chi connectivity index (χ4n) is 8.11. The van der Waals surface area contributed by atoms with Crippen molar-refractivity contribution in [2.75, 3.05) is 26.9 Å². The fourth-order valence-corrected chi connectivity index (χ4v) is 8.11. The molecular weight excluding hydrogens is 348 g/mol. The third kappa shape index (κ3) is 2.11. The van der Waals surface area contributed by atoms with E-state index in [-0.39, 0.29) is 41.0 Å². The molecule has 27 heavy (non-hydrogen) atoms. The van der Waals surface area contributed by atoms with E-state index in [2.05, 4.69) is 13.8 Å². The lowest BCUT2D eigenvalue weighted by Gasteiger charge is -2.63. The Morgan fingerprint density at radius 3 is 2.70 bits per heavy atom. The molecule has 0 amide bonds. The van der Waals surface area contributed by atoms with Crippen LogP contribution in [0.25, 0.3) is 0 Å². The van der Waals surface area contributed by atoms with E-state index in [0.717, 1.165) is 19.3 Å². The normalized spacial score (nSPS) is 55.7. The van der Waals surface area contributed by atoms with Gasteiger partial charge in [0.25, 0.3) is 0 Å². The summed E-state index contributed by atoms with van der Waals surface area (Å²) in [6, 6.07) is 0. The van der Waals surface area contributed by atoms with Gasteiger partial charge in [0.05, 0.1) is 37.4 Å². The Morgan fingerprint density at radius 2 is 1.96 bits per heavy atom. The summed E-state index contributed by atoms with van der Waals surface area (Å²) in [5.74, 6) is -0.147. The number of fused-ring (bicyclic) bond motifs is 1. The maximum atomic E-state index is 13.6. The summed E-state index contributed by atoms with van der Waals surface area (Å²) in [5, 5.41) is 22.1. The van der Waals surface area contributed by atoms with Crippen LogP contribution in [0.4, 0.5) is 0 Å². The van der Waals surface area contributed by atoms with E-state index in [9.17, 15) is 15.0 Å². The van der Waals surface area contributed by atoms with Gasteiger partial charge < -0.3 is 24.4 Å². The SMILES string of the molecule is COC[C@@H]1C(=O)[C@@]23CO[C@H]4CCC(C)(C)[C@H]5[C@H](O)OC[C@@]45C2[C@H](O)C[C@@H]1C3. The Hall–Kier alpha value is -0.530. The zero-order valence-electron chi connectivity index (χ0n) is 16.5. The van der Waals surface area contributed by atoms with E-state index >= 15 is 0 Å². The molecule has 1 unspecified atom stereocenters. The first kappa shape index (κ1) is 18.5. The highest BCUT2D eigenvalue weighted by Crippen LogP contribution is 2.70. The van der Waals surface area contributed by atoms with Crippen LogP contribution in [-0.4, -0.2) is 61.4 Å². The molecule has 0 aromatic heterocycles. The molecule has 152 valence electrons. The highest BCUT2D eigenvalue weighted by atomic mass is 16.6. The number of Topliss-reactive ketones (excluding diaryl/α,β-unsaturated/α-hetero) is 1. The van der Waals surface area contributed by atoms with Crippen molar-refractivity contribution in [1.29, 1.82) is 0 Å². The van der Waals surface area contributed by atoms with Gasteiger partial charge in [-0.15, -0.1) is 0 Å². The average Bonchev–Trinajstić information content (AvgIpc) is 3.05. The third-order valence-electron chi connectivity index (χ3n) is 8.88. The monoisotopic (exact) mass is 380 g/mol. The zero-order valence-corrected chi connectivity index (χ0v) is 16.5. The van der Waals surface area contributed by atoms with Gasteiger partial charge in [0, 0.05) is 30.3 Å². The van der Waals surface area contributed by atoms with Crippen molar-refractivity contribution < 1.29 is 29.2 Å². The summed E-state index contributed by atoms with van der Waals surface area (Å²) >= 11 is 0. The molecule has 6 heteroatoms. The summed E-state index contributed by atoms with van der Waals surface area (Å²) in [6.45, 7) is 5.52. The van der Waals surface area contributed by atoms with Crippen molar-refractivity contribution >= 4 is 5.78 Å². The number of hydrogen-bond donors (Lipinski definition) is 2. The summed E-state index contributed by atoms with van der Waals surface area (Å²) in [6.07, 6.45) is 1.73. The minimum atomic E-state index is -0.863. The van der Waals surface area contributed by atoms with Crippen molar-refractivity contribution in [2.45, 2.75) is 58.0 Å². The molecule has 2 bridgehead atoms. The predicted octanol–water partition coefficient (Wildman–Crippen LogP) is 1.38. The van der Waals surface area contributed by atoms with E-state index in [1.807, 2.05) is 0 Å². The fraction of sp³-hybridized carbons (Fsp3) is 0.952. The topological polar surface area (TPSA) is 85.2 Å². The van der Waals surface area contributed by atoms with Gasteiger partial charge in [-0.25, -0.2) is 0 Å². The van der Waals surface area contributed by atoms with Crippen LogP contribution in [0.15, 0.2) is 0 Å². The minimum absolute atomic E-state index is 0.0659. The number of methoxy groups -OCH3 is 1. The van der Waals surface area contributed by atoms with Crippen molar-refractivity contribution in [1.82, 2.24) is 0 Å². The van der Waals surface area contributed by atoms with Gasteiger partial charge in [0.1, 0.15) is 5.78 Å². The Bertz CT molecular complexity index is 649. The van der Waals surface area contributed by atoms with Gasteiger partial charge in [-0.2, -0.15) is 0 Å². The number of hydrogen-bond acceptors (Lipinski definition) is 6. The summed E-state index contributed by atoms with van der Waals surface area (Å²) in [7, 11) is 1.63. The third-order valence-corrected chi connectivity index (χ3v) is 8.88. The van der Waals surface area contributed by atoms with Crippen molar-refractivity contribution in [2.24, 2.45) is 39.9 Å². The maximum absolute atomic E-state index is 13.6. The standard InChI is InChI=1S/C21H32O6/c1-19(2)5-4-14-21(10-27-18(24)16(19)21)15-13(22)6-11-7-20(15,9-26-14)17(23)12(11)8-25-3/h11-16,18,22,24H,4-10H2,1-3H3/t11-,12+,13-,14+,15?,16-,18-,20+,21+/m1/s1. The van der Waals surface area contributed by atoms with Gasteiger partial charge in [0.2, 0.25) is 0 Å². The first-order valence-corrected chi connectivity index (χ1v) is 10.4. The van der Waals surface area contributed by atoms with Gasteiger partial charge in [-0.1, -0.05) is 13.8 Å². The van der Waals surface area contributed by atoms with Crippen LogP contribution in [0, 0.1) is 39.9 Å². The molecule has 2 spiro atoms.